The highest BCUT2D eigenvalue weighted by molar-refractivity contribution is 5.25. The number of hydrogen-bond acceptors (Lipinski definition) is 4. The molecule has 66 valence electrons. The molecule has 0 aliphatic rings. The summed E-state index contributed by atoms with van der Waals surface area (Å²) in [7, 11) is 0. The molecular weight excluding hydrogens is 154 g/mol. The van der Waals surface area contributed by atoms with Crippen LogP contribution in [0, 0.1) is 0 Å². The molecule has 0 unspecified atom stereocenters. The predicted octanol–water partition coefficient (Wildman–Crippen LogP) is 0.789. The minimum absolute atomic E-state index is 0.0463. The van der Waals surface area contributed by atoms with Crippen molar-refractivity contribution in [3.63, 3.8) is 0 Å². The van der Waals surface area contributed by atoms with Gasteiger partial charge in [0.05, 0.1) is 12.3 Å². The minimum atomic E-state index is -0.0463. The van der Waals surface area contributed by atoms with Crippen LogP contribution in [0.1, 0.15) is 19.5 Å². The number of aliphatic hydroxyl groups is 1. The number of hydrogen-bond donors (Lipinski definition) is 2. The first-order chi connectivity index (χ1) is 5.72. The van der Waals surface area contributed by atoms with Gasteiger partial charge in [-0.05, 0) is 19.9 Å². The topological polar surface area (TPSA) is 58.0 Å². The monoisotopic (exact) mass is 167 g/mol. The van der Waals surface area contributed by atoms with E-state index in [2.05, 4.69) is 15.3 Å². The van der Waals surface area contributed by atoms with Crippen LogP contribution in [-0.4, -0.2) is 21.1 Å². The van der Waals surface area contributed by atoms with Crippen molar-refractivity contribution >= 4 is 5.95 Å². The van der Waals surface area contributed by atoms with Crippen LogP contribution < -0.4 is 5.32 Å². The average molecular weight is 167 g/mol. The fraction of sp³-hybridized carbons (Fsp3) is 0.500. The van der Waals surface area contributed by atoms with Gasteiger partial charge >= 0.3 is 0 Å². The van der Waals surface area contributed by atoms with E-state index < -0.39 is 0 Å². The van der Waals surface area contributed by atoms with Crippen molar-refractivity contribution in [3.8, 4) is 0 Å². The van der Waals surface area contributed by atoms with Gasteiger partial charge in [0.15, 0.2) is 0 Å². The van der Waals surface area contributed by atoms with Crippen molar-refractivity contribution < 1.29 is 5.11 Å². The lowest BCUT2D eigenvalue weighted by atomic mass is 10.4. The third-order valence-corrected chi connectivity index (χ3v) is 1.29. The maximum atomic E-state index is 8.78. The SMILES string of the molecule is CC(C)Nc1nccc(CO)n1. The van der Waals surface area contributed by atoms with Gasteiger partial charge < -0.3 is 10.4 Å². The molecule has 1 rings (SSSR count). The second-order valence-electron chi connectivity index (χ2n) is 2.83. The normalized spacial score (nSPS) is 10.3. The van der Waals surface area contributed by atoms with Gasteiger partial charge in [-0.3, -0.25) is 0 Å². The van der Waals surface area contributed by atoms with E-state index in [0.717, 1.165) is 0 Å². The molecule has 0 saturated heterocycles. The molecule has 0 bridgehead atoms. The summed E-state index contributed by atoms with van der Waals surface area (Å²) in [5.41, 5.74) is 0.633. The molecule has 0 atom stereocenters. The van der Waals surface area contributed by atoms with Crippen molar-refractivity contribution in [2.45, 2.75) is 26.5 Å². The van der Waals surface area contributed by atoms with Crippen molar-refractivity contribution in [1.82, 2.24) is 9.97 Å². The number of nitrogens with zero attached hydrogens (tertiary/aromatic N) is 2. The van der Waals surface area contributed by atoms with Crippen molar-refractivity contribution in [2.75, 3.05) is 5.32 Å². The Morgan fingerprint density at radius 1 is 1.58 bits per heavy atom. The molecule has 0 aromatic carbocycles. The summed E-state index contributed by atoms with van der Waals surface area (Å²) < 4.78 is 0. The van der Waals surface area contributed by atoms with E-state index >= 15 is 0 Å². The third-order valence-electron chi connectivity index (χ3n) is 1.29. The smallest absolute Gasteiger partial charge is 0.223 e. The van der Waals surface area contributed by atoms with E-state index in [1.807, 2.05) is 13.8 Å². The molecular formula is C8H13N3O. The highest BCUT2D eigenvalue weighted by Gasteiger charge is 1.98. The number of rotatable bonds is 3. The van der Waals surface area contributed by atoms with E-state index in [1.54, 1.807) is 12.3 Å². The Hall–Kier alpha value is -1.16. The molecule has 0 spiro atoms. The minimum Gasteiger partial charge on any atom is -0.390 e. The molecule has 0 aliphatic carbocycles. The Balaban J connectivity index is 2.72. The highest BCUT2D eigenvalue weighted by Crippen LogP contribution is 2.01. The summed E-state index contributed by atoms with van der Waals surface area (Å²) in [4.78, 5) is 8.05. The molecule has 12 heavy (non-hydrogen) atoms. The Morgan fingerprint density at radius 2 is 2.33 bits per heavy atom. The lowest BCUT2D eigenvalue weighted by Crippen LogP contribution is -2.12. The largest absolute Gasteiger partial charge is 0.390 e. The molecule has 2 N–H and O–H groups in total. The summed E-state index contributed by atoms with van der Waals surface area (Å²) in [6.07, 6.45) is 1.63. The van der Waals surface area contributed by atoms with E-state index in [-0.39, 0.29) is 6.61 Å². The second-order valence-corrected chi connectivity index (χ2v) is 2.83. The van der Waals surface area contributed by atoms with Crippen molar-refractivity contribution in [2.24, 2.45) is 0 Å². The van der Waals surface area contributed by atoms with E-state index in [4.69, 9.17) is 5.11 Å². The zero-order valence-electron chi connectivity index (χ0n) is 7.28. The van der Waals surface area contributed by atoms with Gasteiger partial charge in [-0.1, -0.05) is 0 Å². The first kappa shape index (κ1) is 8.93. The Labute approximate surface area is 71.7 Å². The standard InChI is InChI=1S/C8H13N3O/c1-6(2)10-8-9-4-3-7(5-12)11-8/h3-4,6,12H,5H2,1-2H3,(H,9,10,11). The Bertz CT molecular complexity index is 250. The van der Waals surface area contributed by atoms with Gasteiger partial charge in [0.25, 0.3) is 0 Å². The van der Waals surface area contributed by atoms with Crippen LogP contribution in [0.25, 0.3) is 0 Å². The van der Waals surface area contributed by atoms with E-state index in [9.17, 15) is 0 Å². The maximum Gasteiger partial charge on any atom is 0.223 e. The first-order valence-electron chi connectivity index (χ1n) is 3.91. The van der Waals surface area contributed by atoms with Gasteiger partial charge in [-0.25, -0.2) is 9.97 Å². The highest BCUT2D eigenvalue weighted by atomic mass is 16.3. The van der Waals surface area contributed by atoms with Crippen molar-refractivity contribution in [1.29, 1.82) is 0 Å². The fourth-order valence-corrected chi connectivity index (χ4v) is 0.812. The van der Waals surface area contributed by atoms with E-state index in [0.29, 0.717) is 17.7 Å². The van der Waals surface area contributed by atoms with Gasteiger partial charge in [-0.15, -0.1) is 0 Å². The summed E-state index contributed by atoms with van der Waals surface area (Å²) in [6, 6.07) is 1.99. The molecule has 1 aromatic rings. The molecule has 0 aliphatic heterocycles. The number of aromatic nitrogens is 2. The zero-order valence-corrected chi connectivity index (χ0v) is 7.28. The number of anilines is 1. The van der Waals surface area contributed by atoms with Gasteiger partial charge in [0.2, 0.25) is 5.95 Å². The van der Waals surface area contributed by atoms with Crippen LogP contribution in [0.4, 0.5) is 5.95 Å². The van der Waals surface area contributed by atoms with Gasteiger partial charge in [0.1, 0.15) is 0 Å². The molecule has 1 aromatic heterocycles. The second kappa shape index (κ2) is 4.01. The van der Waals surface area contributed by atoms with Crippen LogP contribution in [0.15, 0.2) is 12.3 Å². The quantitative estimate of drug-likeness (QED) is 0.698. The molecule has 4 heteroatoms. The van der Waals surface area contributed by atoms with Crippen molar-refractivity contribution in [3.05, 3.63) is 18.0 Å². The zero-order chi connectivity index (χ0) is 8.97. The number of nitrogens with one attached hydrogen (secondary N) is 1. The maximum absolute atomic E-state index is 8.78. The summed E-state index contributed by atoms with van der Waals surface area (Å²) >= 11 is 0. The molecule has 4 nitrogen and oxygen atoms in total. The molecule has 0 saturated carbocycles. The van der Waals surface area contributed by atoms with Gasteiger partial charge in [0, 0.05) is 12.2 Å². The van der Waals surface area contributed by atoms with Crippen LogP contribution in [-0.2, 0) is 6.61 Å². The lowest BCUT2D eigenvalue weighted by molar-refractivity contribution is 0.277. The number of aliphatic hydroxyl groups excluding tert-OH is 1. The lowest BCUT2D eigenvalue weighted by Gasteiger charge is -2.07. The van der Waals surface area contributed by atoms with E-state index in [1.165, 1.54) is 0 Å². The summed E-state index contributed by atoms with van der Waals surface area (Å²) in [5, 5.41) is 11.8. The molecule has 1 heterocycles. The predicted molar refractivity (Wildman–Crippen MR) is 46.7 cm³/mol. The summed E-state index contributed by atoms with van der Waals surface area (Å²) in [5.74, 6) is 0.566. The average Bonchev–Trinajstić information content (AvgIpc) is 2.03. The molecule has 0 amide bonds. The molecule has 0 fully saturated rings. The fourth-order valence-electron chi connectivity index (χ4n) is 0.812. The van der Waals surface area contributed by atoms with Gasteiger partial charge in [-0.2, -0.15) is 0 Å². The third kappa shape index (κ3) is 2.47. The Kier molecular flexibility index (Phi) is 2.99. The van der Waals surface area contributed by atoms with Crippen LogP contribution in [0.3, 0.4) is 0 Å². The van der Waals surface area contributed by atoms with Crippen LogP contribution >= 0.6 is 0 Å². The van der Waals surface area contributed by atoms with Crippen LogP contribution in [0.5, 0.6) is 0 Å². The Morgan fingerprint density at radius 3 is 2.92 bits per heavy atom. The summed E-state index contributed by atoms with van der Waals surface area (Å²) in [6.45, 7) is 3.97. The van der Waals surface area contributed by atoms with Crippen LogP contribution in [0.2, 0.25) is 0 Å². The molecule has 0 radical (unpaired) electrons. The first-order valence-corrected chi connectivity index (χ1v) is 3.91.